The van der Waals surface area contributed by atoms with Crippen LogP contribution in [-0.4, -0.2) is 11.2 Å². The molecule has 0 radical (unpaired) electrons. The van der Waals surface area contributed by atoms with Gasteiger partial charge in [-0.2, -0.15) is 21.0 Å². The standard InChI is InChI=1S/C10H2N4O/c11-3-9(4-12)7-1-2-8(7)10(5-13,6-14)15-9/h1-2H. The summed E-state index contributed by atoms with van der Waals surface area (Å²) in [6.45, 7) is 0. The quantitative estimate of drug-likeness (QED) is 0.556. The van der Waals surface area contributed by atoms with Crippen molar-refractivity contribution in [1.29, 1.82) is 21.0 Å². The lowest BCUT2D eigenvalue weighted by atomic mass is 9.82. The van der Waals surface area contributed by atoms with Crippen LogP contribution in [0.4, 0.5) is 0 Å². The van der Waals surface area contributed by atoms with Crippen molar-refractivity contribution in [1.82, 2.24) is 0 Å². The van der Waals surface area contributed by atoms with E-state index in [4.69, 9.17) is 25.8 Å². The topological polar surface area (TPSA) is 104 Å². The molecule has 0 N–H and O–H groups in total. The van der Waals surface area contributed by atoms with Gasteiger partial charge in [0, 0.05) is 11.1 Å². The monoisotopic (exact) mass is 194 g/mol. The lowest BCUT2D eigenvalue weighted by Crippen LogP contribution is -2.34. The lowest BCUT2D eigenvalue weighted by molar-refractivity contribution is 0.0329. The molecule has 1 aliphatic carbocycles. The number of nitrogens with zero attached hydrogens (tertiary/aromatic N) is 4. The van der Waals surface area contributed by atoms with Crippen LogP contribution in [0.25, 0.3) is 0 Å². The fraction of sp³-hybridized carbons (Fsp3) is 0.200. The molecule has 15 heavy (non-hydrogen) atoms. The average Bonchev–Trinajstić information content (AvgIpc) is 2.43. The van der Waals surface area contributed by atoms with Crippen LogP contribution in [0.3, 0.4) is 0 Å². The van der Waals surface area contributed by atoms with Crippen LogP contribution >= 0.6 is 0 Å². The second-order valence-corrected chi connectivity index (χ2v) is 3.07. The van der Waals surface area contributed by atoms with E-state index in [-0.39, 0.29) is 0 Å². The summed E-state index contributed by atoms with van der Waals surface area (Å²) in [5, 5.41) is 35.5. The zero-order valence-corrected chi connectivity index (χ0v) is 7.35. The van der Waals surface area contributed by atoms with Crippen molar-refractivity contribution in [2.24, 2.45) is 0 Å². The van der Waals surface area contributed by atoms with Crippen LogP contribution in [0.15, 0.2) is 23.3 Å². The van der Waals surface area contributed by atoms with Crippen LogP contribution in [0.1, 0.15) is 0 Å². The average molecular weight is 194 g/mol. The van der Waals surface area contributed by atoms with Crippen LogP contribution in [-0.2, 0) is 4.74 Å². The van der Waals surface area contributed by atoms with Crippen molar-refractivity contribution in [3.63, 3.8) is 0 Å². The highest BCUT2D eigenvalue weighted by molar-refractivity contribution is 5.67. The summed E-state index contributed by atoms with van der Waals surface area (Å²) in [5.74, 6) is 0. The summed E-state index contributed by atoms with van der Waals surface area (Å²) in [5.41, 5.74) is -2.99. The molecule has 68 valence electrons. The fourth-order valence-electron chi connectivity index (χ4n) is 1.59. The molecule has 0 aromatic heterocycles. The van der Waals surface area contributed by atoms with Gasteiger partial charge in [-0.25, -0.2) is 0 Å². The van der Waals surface area contributed by atoms with Gasteiger partial charge in [0.2, 0.25) is 0 Å². The molecular formula is C10H2N4O. The Morgan fingerprint density at radius 2 is 1.13 bits per heavy atom. The first-order valence-electron chi connectivity index (χ1n) is 3.96. The van der Waals surface area contributed by atoms with Crippen molar-refractivity contribution in [2.75, 3.05) is 0 Å². The molecule has 0 aromatic rings. The molecule has 0 amide bonds. The normalized spacial score (nSPS) is 22.7. The second kappa shape index (κ2) is 2.46. The minimum atomic E-state index is -1.81. The van der Waals surface area contributed by atoms with E-state index in [9.17, 15) is 0 Å². The van der Waals surface area contributed by atoms with Gasteiger partial charge in [0.25, 0.3) is 11.2 Å². The number of nitriles is 4. The summed E-state index contributed by atoms with van der Waals surface area (Å²) in [7, 11) is 0. The SMILES string of the molecule is N#CC1(C#N)OC(C#N)(C#N)C2=C1C=C2. The summed E-state index contributed by atoms with van der Waals surface area (Å²) in [4.78, 5) is 0. The molecular weight excluding hydrogens is 192 g/mol. The molecule has 0 saturated heterocycles. The van der Waals surface area contributed by atoms with Crippen LogP contribution in [0.2, 0.25) is 0 Å². The molecule has 2 aliphatic rings. The maximum atomic E-state index is 8.88. The Balaban J connectivity index is 2.63. The van der Waals surface area contributed by atoms with Gasteiger partial charge in [0.1, 0.15) is 24.3 Å². The predicted octanol–water partition coefficient (Wildman–Crippen LogP) is 0.455. The molecule has 0 spiro atoms. The minimum Gasteiger partial charge on any atom is -0.305 e. The maximum absolute atomic E-state index is 8.88. The van der Waals surface area contributed by atoms with Crippen molar-refractivity contribution in [3.05, 3.63) is 23.3 Å². The van der Waals surface area contributed by atoms with E-state index in [0.717, 1.165) is 0 Å². The zero-order valence-electron chi connectivity index (χ0n) is 7.35. The van der Waals surface area contributed by atoms with Gasteiger partial charge in [-0.1, -0.05) is 12.2 Å². The highest BCUT2D eigenvalue weighted by Gasteiger charge is 2.58. The van der Waals surface area contributed by atoms with Gasteiger partial charge in [0.05, 0.1) is 0 Å². The predicted molar refractivity (Wildman–Crippen MR) is 45.2 cm³/mol. The molecule has 2 rings (SSSR count). The highest BCUT2D eigenvalue weighted by atomic mass is 16.5. The van der Waals surface area contributed by atoms with Gasteiger partial charge < -0.3 is 4.74 Å². The molecule has 0 atom stereocenters. The largest absolute Gasteiger partial charge is 0.305 e. The maximum Gasteiger partial charge on any atom is 0.270 e. The second-order valence-electron chi connectivity index (χ2n) is 3.07. The molecule has 0 saturated carbocycles. The Morgan fingerprint density at radius 3 is 1.27 bits per heavy atom. The third-order valence-corrected chi connectivity index (χ3v) is 2.40. The first kappa shape index (κ1) is 8.97. The highest BCUT2D eigenvalue weighted by Crippen LogP contribution is 2.47. The number of hydrogen-bond acceptors (Lipinski definition) is 5. The van der Waals surface area contributed by atoms with Crippen molar-refractivity contribution < 1.29 is 4.74 Å². The summed E-state index contributed by atoms with van der Waals surface area (Å²) in [6, 6.07) is 6.75. The minimum absolute atomic E-state index is 0.315. The molecule has 5 heteroatoms. The smallest absolute Gasteiger partial charge is 0.270 e. The Labute approximate surface area is 85.3 Å². The molecule has 1 heterocycles. The molecule has 1 aliphatic heterocycles. The molecule has 0 aromatic carbocycles. The van der Waals surface area contributed by atoms with Gasteiger partial charge in [-0.3, -0.25) is 0 Å². The van der Waals surface area contributed by atoms with Crippen molar-refractivity contribution in [3.8, 4) is 24.3 Å². The van der Waals surface area contributed by atoms with Gasteiger partial charge >= 0.3 is 0 Å². The van der Waals surface area contributed by atoms with E-state index >= 15 is 0 Å². The van der Waals surface area contributed by atoms with Crippen LogP contribution < -0.4 is 0 Å². The van der Waals surface area contributed by atoms with Gasteiger partial charge in [0.15, 0.2) is 0 Å². The molecule has 0 bridgehead atoms. The van der Waals surface area contributed by atoms with Crippen molar-refractivity contribution >= 4 is 0 Å². The van der Waals surface area contributed by atoms with Crippen LogP contribution in [0.5, 0.6) is 0 Å². The number of ether oxygens (including phenoxy) is 1. The zero-order chi connectivity index (χ0) is 11.1. The summed E-state index contributed by atoms with van der Waals surface area (Å²) in [6.07, 6.45) is 3.02. The first-order valence-corrected chi connectivity index (χ1v) is 3.96. The summed E-state index contributed by atoms with van der Waals surface area (Å²) >= 11 is 0. The van der Waals surface area contributed by atoms with E-state index in [1.165, 1.54) is 12.2 Å². The van der Waals surface area contributed by atoms with Crippen LogP contribution in [0, 0.1) is 45.3 Å². The van der Waals surface area contributed by atoms with Gasteiger partial charge in [-0.15, -0.1) is 0 Å². The van der Waals surface area contributed by atoms with Crippen molar-refractivity contribution in [2.45, 2.75) is 11.2 Å². The van der Waals surface area contributed by atoms with E-state index in [1.54, 1.807) is 24.3 Å². The van der Waals surface area contributed by atoms with E-state index < -0.39 is 11.2 Å². The molecule has 0 fully saturated rings. The Kier molecular flexibility index (Phi) is 1.47. The number of hydrogen-bond donors (Lipinski definition) is 0. The Bertz CT molecular complexity index is 493. The summed E-state index contributed by atoms with van der Waals surface area (Å²) < 4.78 is 5.04. The fourth-order valence-corrected chi connectivity index (χ4v) is 1.59. The Hall–Kier alpha value is -2.60. The third kappa shape index (κ3) is 0.760. The van der Waals surface area contributed by atoms with E-state index in [2.05, 4.69) is 0 Å². The molecule has 0 unspecified atom stereocenters. The first-order chi connectivity index (χ1) is 7.18. The third-order valence-electron chi connectivity index (χ3n) is 2.40. The van der Waals surface area contributed by atoms with Gasteiger partial charge in [-0.05, 0) is 0 Å². The Morgan fingerprint density at radius 1 is 0.800 bits per heavy atom. The van der Waals surface area contributed by atoms with E-state index in [0.29, 0.717) is 11.1 Å². The molecule has 5 nitrogen and oxygen atoms in total. The van der Waals surface area contributed by atoms with E-state index in [1.807, 2.05) is 0 Å². The number of rotatable bonds is 0. The lowest BCUT2D eigenvalue weighted by Gasteiger charge is -2.15.